The van der Waals surface area contributed by atoms with Gasteiger partial charge >= 0.3 is 0 Å². The van der Waals surface area contributed by atoms with E-state index < -0.39 is 6.10 Å². The van der Waals surface area contributed by atoms with E-state index in [9.17, 15) is 4.79 Å². The molecule has 0 aliphatic heterocycles. The monoisotopic (exact) mass is 418 g/mol. The van der Waals surface area contributed by atoms with Crippen LogP contribution in [0.1, 0.15) is 74.1 Å². The highest BCUT2D eigenvalue weighted by atomic mass is 16.5. The molecule has 0 amide bonds. The van der Waals surface area contributed by atoms with Crippen molar-refractivity contribution in [3.05, 3.63) is 48.8 Å². The number of rotatable bonds is 13. The van der Waals surface area contributed by atoms with E-state index in [1.54, 1.807) is 6.08 Å². The molecule has 0 heterocycles. The molecule has 0 radical (unpaired) electrons. The third-order valence-corrected chi connectivity index (χ3v) is 5.57. The normalized spacial score (nSPS) is 18.5. The van der Waals surface area contributed by atoms with E-state index in [-0.39, 0.29) is 12.4 Å². The first-order chi connectivity index (χ1) is 14.1. The lowest BCUT2D eigenvalue weighted by molar-refractivity contribution is -0.130. The van der Waals surface area contributed by atoms with Crippen LogP contribution in [0.15, 0.2) is 48.8 Å². The highest BCUT2D eigenvalue weighted by Crippen LogP contribution is 2.23. The SMILES string of the molecule is C=CCO[C@@H](COC(=C)CC(C)CCC(C)C(C)C)C(C)=O.CC1=CC(C)CC=C1. The number of carbonyl (C=O) groups is 1. The molecule has 0 saturated heterocycles. The Bertz CT molecular complexity index is 571. The fourth-order valence-electron chi connectivity index (χ4n) is 3.13. The largest absolute Gasteiger partial charge is 0.495 e. The first-order valence-corrected chi connectivity index (χ1v) is 11.4. The molecule has 3 heteroatoms. The molecule has 172 valence electrons. The molecule has 1 rings (SSSR count). The van der Waals surface area contributed by atoms with Gasteiger partial charge in [0.05, 0.1) is 12.4 Å². The van der Waals surface area contributed by atoms with Crippen molar-refractivity contribution >= 4 is 5.78 Å². The maximum atomic E-state index is 11.5. The molecule has 0 bridgehead atoms. The van der Waals surface area contributed by atoms with Crippen LogP contribution >= 0.6 is 0 Å². The fourth-order valence-corrected chi connectivity index (χ4v) is 3.13. The number of Topliss-reactive ketones (excluding diaryl/α,β-unsaturated/α-hetero) is 1. The van der Waals surface area contributed by atoms with Crippen molar-refractivity contribution < 1.29 is 14.3 Å². The maximum Gasteiger partial charge on any atom is 0.162 e. The Hall–Kier alpha value is -1.61. The molecule has 3 unspecified atom stereocenters. The van der Waals surface area contributed by atoms with Gasteiger partial charge in [0.2, 0.25) is 0 Å². The van der Waals surface area contributed by atoms with E-state index >= 15 is 0 Å². The maximum absolute atomic E-state index is 11.5. The molecular formula is C27H46O3. The topological polar surface area (TPSA) is 35.5 Å². The minimum atomic E-state index is -0.536. The van der Waals surface area contributed by atoms with E-state index in [2.05, 4.69) is 72.9 Å². The minimum Gasteiger partial charge on any atom is -0.495 e. The van der Waals surface area contributed by atoms with E-state index in [1.165, 1.54) is 31.8 Å². The van der Waals surface area contributed by atoms with Crippen LogP contribution in [0.25, 0.3) is 0 Å². The number of hydrogen-bond acceptors (Lipinski definition) is 3. The molecule has 30 heavy (non-hydrogen) atoms. The quantitative estimate of drug-likeness (QED) is 0.232. The molecule has 0 saturated carbocycles. The zero-order valence-electron chi connectivity index (χ0n) is 20.6. The summed E-state index contributed by atoms with van der Waals surface area (Å²) in [6.45, 7) is 23.1. The third-order valence-electron chi connectivity index (χ3n) is 5.57. The molecule has 4 atom stereocenters. The summed E-state index contributed by atoms with van der Waals surface area (Å²) in [6, 6.07) is 0. The average Bonchev–Trinajstić information content (AvgIpc) is 2.66. The van der Waals surface area contributed by atoms with Crippen LogP contribution in [-0.4, -0.2) is 25.1 Å². The van der Waals surface area contributed by atoms with E-state index in [0.717, 1.165) is 29.9 Å². The van der Waals surface area contributed by atoms with Gasteiger partial charge in [0.15, 0.2) is 5.78 Å². The standard InChI is InChI=1S/C19H34O3.C8H12/c1-8-11-21-19(18(7)20)13-22-17(6)12-15(4)9-10-16(5)14(2)3;1-7-4-3-5-8(2)6-7/h8,14-16,19H,1,6,9-13H2,2-5,7H3;3-4,6,8H,5H2,1-2H3/t15?,16?,19-;/m0./s1. The Kier molecular flexibility index (Phi) is 15.3. The summed E-state index contributed by atoms with van der Waals surface area (Å²) in [5.74, 6) is 3.47. The molecule has 1 aliphatic carbocycles. The van der Waals surface area contributed by atoms with Crippen LogP contribution in [0.2, 0.25) is 0 Å². The van der Waals surface area contributed by atoms with Gasteiger partial charge in [-0.05, 0) is 43.9 Å². The van der Waals surface area contributed by atoms with Gasteiger partial charge < -0.3 is 9.47 Å². The molecule has 0 spiro atoms. The van der Waals surface area contributed by atoms with Crippen LogP contribution in [0.3, 0.4) is 0 Å². The van der Waals surface area contributed by atoms with Gasteiger partial charge in [-0.3, -0.25) is 4.79 Å². The van der Waals surface area contributed by atoms with Gasteiger partial charge in [0.1, 0.15) is 12.7 Å². The van der Waals surface area contributed by atoms with Gasteiger partial charge in [-0.2, -0.15) is 0 Å². The van der Waals surface area contributed by atoms with Crippen molar-refractivity contribution in [2.75, 3.05) is 13.2 Å². The van der Waals surface area contributed by atoms with Crippen molar-refractivity contribution in [3.8, 4) is 0 Å². The van der Waals surface area contributed by atoms with E-state index in [4.69, 9.17) is 9.47 Å². The second kappa shape index (κ2) is 16.1. The van der Waals surface area contributed by atoms with Gasteiger partial charge in [-0.15, -0.1) is 6.58 Å². The Morgan fingerprint density at radius 3 is 2.40 bits per heavy atom. The number of ketones is 1. The zero-order chi connectivity index (χ0) is 23.1. The van der Waals surface area contributed by atoms with Crippen molar-refractivity contribution in [2.24, 2.45) is 23.7 Å². The Morgan fingerprint density at radius 2 is 1.93 bits per heavy atom. The lowest BCUT2D eigenvalue weighted by atomic mass is 9.89. The van der Waals surface area contributed by atoms with Gasteiger partial charge in [-0.1, -0.05) is 83.9 Å². The molecule has 0 aromatic heterocycles. The van der Waals surface area contributed by atoms with Crippen molar-refractivity contribution in [3.63, 3.8) is 0 Å². The number of hydrogen-bond donors (Lipinski definition) is 0. The number of ether oxygens (including phenoxy) is 2. The second-order valence-corrected chi connectivity index (χ2v) is 9.20. The highest BCUT2D eigenvalue weighted by molar-refractivity contribution is 5.80. The minimum absolute atomic E-state index is 0.0338. The van der Waals surface area contributed by atoms with Gasteiger partial charge in [-0.25, -0.2) is 0 Å². The van der Waals surface area contributed by atoms with Crippen LogP contribution in [-0.2, 0) is 14.3 Å². The first kappa shape index (κ1) is 28.4. The van der Waals surface area contributed by atoms with E-state index in [1.807, 2.05) is 0 Å². The van der Waals surface area contributed by atoms with Crippen LogP contribution in [0, 0.1) is 23.7 Å². The van der Waals surface area contributed by atoms with Crippen molar-refractivity contribution in [2.45, 2.75) is 80.3 Å². The van der Waals surface area contributed by atoms with Crippen LogP contribution in [0.4, 0.5) is 0 Å². The Balaban J connectivity index is 0.000000867. The lowest BCUT2D eigenvalue weighted by Gasteiger charge is -2.20. The second-order valence-electron chi connectivity index (χ2n) is 9.20. The van der Waals surface area contributed by atoms with E-state index in [0.29, 0.717) is 12.5 Å². The predicted octanol–water partition coefficient (Wildman–Crippen LogP) is 7.30. The molecule has 1 aliphatic rings. The lowest BCUT2D eigenvalue weighted by Crippen LogP contribution is -2.27. The molecule has 3 nitrogen and oxygen atoms in total. The molecule has 0 fully saturated rings. The summed E-state index contributed by atoms with van der Waals surface area (Å²) in [5.41, 5.74) is 1.41. The smallest absolute Gasteiger partial charge is 0.162 e. The summed E-state index contributed by atoms with van der Waals surface area (Å²) >= 11 is 0. The van der Waals surface area contributed by atoms with Crippen molar-refractivity contribution in [1.29, 1.82) is 0 Å². The average molecular weight is 419 g/mol. The van der Waals surface area contributed by atoms with Crippen LogP contribution < -0.4 is 0 Å². The first-order valence-electron chi connectivity index (χ1n) is 11.4. The number of carbonyl (C=O) groups excluding carboxylic acids is 1. The molecule has 0 aromatic rings. The predicted molar refractivity (Wildman–Crippen MR) is 129 cm³/mol. The highest BCUT2D eigenvalue weighted by Gasteiger charge is 2.16. The summed E-state index contributed by atoms with van der Waals surface area (Å²) < 4.78 is 11.0. The summed E-state index contributed by atoms with van der Waals surface area (Å²) in [7, 11) is 0. The van der Waals surface area contributed by atoms with Gasteiger partial charge in [0.25, 0.3) is 0 Å². The van der Waals surface area contributed by atoms with Gasteiger partial charge in [0, 0.05) is 6.42 Å². The molecule has 0 N–H and O–H groups in total. The summed E-state index contributed by atoms with van der Waals surface area (Å²) in [6.07, 6.45) is 12.3. The Morgan fingerprint density at radius 1 is 1.27 bits per heavy atom. The molecular weight excluding hydrogens is 372 g/mol. The number of allylic oxidation sites excluding steroid dienone is 5. The summed E-state index contributed by atoms with van der Waals surface area (Å²) in [5, 5.41) is 0. The third kappa shape index (κ3) is 14.4. The van der Waals surface area contributed by atoms with Crippen LogP contribution in [0.5, 0.6) is 0 Å². The fraction of sp³-hybridized carbons (Fsp3) is 0.667. The zero-order valence-corrected chi connectivity index (χ0v) is 20.6. The molecule has 0 aromatic carbocycles. The summed E-state index contributed by atoms with van der Waals surface area (Å²) in [4.78, 5) is 11.5. The van der Waals surface area contributed by atoms with Crippen molar-refractivity contribution in [1.82, 2.24) is 0 Å². The Labute approximate surface area is 186 Å².